The molecule has 1 heterocycles. The van der Waals surface area contributed by atoms with Crippen LogP contribution in [0.15, 0.2) is 36.2 Å². The fourth-order valence-electron chi connectivity index (χ4n) is 1.72. The molecule has 0 radical (unpaired) electrons. The van der Waals surface area contributed by atoms with Crippen LogP contribution in [-0.4, -0.2) is 27.6 Å². The molecule has 0 saturated heterocycles. The second-order valence-electron chi connectivity index (χ2n) is 4.38. The molecule has 0 saturated carbocycles. The maximum Gasteiger partial charge on any atom is 0.269 e. The lowest BCUT2D eigenvalue weighted by molar-refractivity contribution is 0.0911. The lowest BCUT2D eigenvalue weighted by Gasteiger charge is -2.14. The lowest BCUT2D eigenvalue weighted by atomic mass is 10.1. The number of amides is 1. The highest BCUT2D eigenvalue weighted by Crippen LogP contribution is 2.35. The van der Waals surface area contributed by atoms with Gasteiger partial charge in [0.05, 0.1) is 24.0 Å². The fraction of sp³-hybridized carbons (Fsp3) is 0.154. The van der Waals surface area contributed by atoms with Gasteiger partial charge in [-0.25, -0.2) is 0 Å². The molecular formula is C13H10Br4N2O3. The number of hydrogen-bond donors (Lipinski definition) is 4. The molecule has 1 amide bonds. The quantitative estimate of drug-likeness (QED) is 0.451. The Hall–Kier alpha value is -0.350. The molecule has 5 nitrogen and oxygen atoms in total. The Morgan fingerprint density at radius 2 is 1.77 bits per heavy atom. The van der Waals surface area contributed by atoms with E-state index in [1.54, 1.807) is 18.3 Å². The summed E-state index contributed by atoms with van der Waals surface area (Å²) in [6.07, 6.45) is 0.734. The summed E-state index contributed by atoms with van der Waals surface area (Å²) in [7, 11) is 0. The van der Waals surface area contributed by atoms with E-state index in [1.165, 1.54) is 0 Å². The van der Waals surface area contributed by atoms with Crippen molar-refractivity contribution in [3.63, 3.8) is 0 Å². The average molecular weight is 562 g/mol. The number of aliphatic hydroxyl groups is 1. The molecule has 0 aliphatic carbocycles. The molecule has 22 heavy (non-hydrogen) atoms. The zero-order chi connectivity index (χ0) is 16.4. The van der Waals surface area contributed by atoms with E-state index in [9.17, 15) is 15.0 Å². The van der Waals surface area contributed by atoms with E-state index in [4.69, 9.17) is 0 Å². The van der Waals surface area contributed by atoms with Crippen LogP contribution in [0.2, 0.25) is 0 Å². The lowest BCUT2D eigenvalue weighted by Crippen LogP contribution is -2.28. The molecule has 2 aromatic rings. The zero-order valence-corrected chi connectivity index (χ0v) is 17.2. The van der Waals surface area contributed by atoms with Crippen molar-refractivity contribution in [2.24, 2.45) is 0 Å². The predicted octanol–water partition coefficient (Wildman–Crippen LogP) is 4.23. The average Bonchev–Trinajstić information content (AvgIpc) is 2.81. The number of carbonyl (C=O) groups is 1. The Morgan fingerprint density at radius 1 is 1.18 bits per heavy atom. The minimum absolute atomic E-state index is 0.0333. The van der Waals surface area contributed by atoms with Crippen molar-refractivity contribution >= 4 is 69.6 Å². The Bertz CT molecular complexity index is 694. The molecule has 0 aliphatic heterocycles. The summed E-state index contributed by atoms with van der Waals surface area (Å²) in [5.74, 6) is -0.284. The maximum absolute atomic E-state index is 12.0. The molecular weight excluding hydrogens is 552 g/mol. The third-order valence-electron chi connectivity index (χ3n) is 2.88. The van der Waals surface area contributed by atoms with Gasteiger partial charge < -0.3 is 20.5 Å². The summed E-state index contributed by atoms with van der Waals surface area (Å²) in [4.78, 5) is 14.9. The number of phenols is 1. The van der Waals surface area contributed by atoms with Gasteiger partial charge in [0, 0.05) is 12.7 Å². The highest BCUT2D eigenvalue weighted by molar-refractivity contribution is 9.13. The highest BCUT2D eigenvalue weighted by atomic mass is 79.9. The number of rotatable bonds is 4. The minimum Gasteiger partial charge on any atom is -0.506 e. The van der Waals surface area contributed by atoms with Gasteiger partial charge in [-0.1, -0.05) is 0 Å². The van der Waals surface area contributed by atoms with Crippen molar-refractivity contribution in [1.82, 2.24) is 10.3 Å². The van der Waals surface area contributed by atoms with Crippen LogP contribution in [0.5, 0.6) is 5.75 Å². The summed E-state index contributed by atoms with van der Waals surface area (Å²) in [6.45, 7) is 0.0333. The van der Waals surface area contributed by atoms with Crippen LogP contribution in [0.3, 0.4) is 0 Å². The predicted molar refractivity (Wildman–Crippen MR) is 97.0 cm³/mol. The highest BCUT2D eigenvalue weighted by Gasteiger charge is 2.17. The number of carbonyl (C=O) groups excluding carboxylic acids is 1. The first-order valence-corrected chi connectivity index (χ1v) is 9.15. The van der Waals surface area contributed by atoms with Crippen molar-refractivity contribution in [3.05, 3.63) is 47.5 Å². The van der Waals surface area contributed by atoms with Crippen molar-refractivity contribution in [2.75, 3.05) is 6.54 Å². The van der Waals surface area contributed by atoms with Crippen LogP contribution in [0.1, 0.15) is 22.2 Å². The monoisotopic (exact) mass is 558 g/mol. The number of hydrogen-bond acceptors (Lipinski definition) is 3. The van der Waals surface area contributed by atoms with Crippen LogP contribution in [-0.2, 0) is 0 Å². The maximum atomic E-state index is 12.0. The molecule has 1 atom stereocenters. The van der Waals surface area contributed by atoms with Gasteiger partial charge in [-0.3, -0.25) is 4.79 Å². The first-order valence-electron chi connectivity index (χ1n) is 5.97. The topological polar surface area (TPSA) is 85.3 Å². The molecule has 0 bridgehead atoms. The van der Waals surface area contributed by atoms with Crippen LogP contribution in [0, 0.1) is 0 Å². The molecule has 0 fully saturated rings. The second-order valence-corrected chi connectivity index (χ2v) is 7.74. The van der Waals surface area contributed by atoms with E-state index in [2.05, 4.69) is 74.0 Å². The van der Waals surface area contributed by atoms with Gasteiger partial charge in [-0.05, 0) is 81.4 Å². The normalized spacial score (nSPS) is 12.2. The Labute approximate surface area is 160 Å². The number of aromatic nitrogens is 1. The number of H-pyrrole nitrogens is 1. The largest absolute Gasteiger partial charge is 0.506 e. The number of aromatic amines is 1. The number of aliphatic hydroxyl groups excluding tert-OH is 1. The summed E-state index contributed by atoms with van der Waals surface area (Å²) in [6, 6.07) is 3.19. The van der Waals surface area contributed by atoms with Crippen LogP contribution < -0.4 is 5.32 Å². The molecule has 4 N–H and O–H groups in total. The van der Waals surface area contributed by atoms with Crippen molar-refractivity contribution < 1.29 is 15.0 Å². The summed E-state index contributed by atoms with van der Waals surface area (Å²) >= 11 is 13.0. The Kier molecular flexibility index (Phi) is 6.12. The van der Waals surface area contributed by atoms with E-state index in [-0.39, 0.29) is 18.2 Å². The number of benzene rings is 1. The molecule has 0 spiro atoms. The number of aromatic hydroxyl groups is 1. The fourth-order valence-corrected chi connectivity index (χ4v) is 3.66. The van der Waals surface area contributed by atoms with Crippen molar-refractivity contribution in [3.8, 4) is 5.75 Å². The summed E-state index contributed by atoms with van der Waals surface area (Å²) in [5, 5.41) is 22.5. The first kappa shape index (κ1) is 18.0. The van der Waals surface area contributed by atoms with E-state index in [0.717, 1.165) is 4.47 Å². The molecule has 0 aliphatic rings. The van der Waals surface area contributed by atoms with E-state index >= 15 is 0 Å². The number of halogens is 4. The van der Waals surface area contributed by atoms with Gasteiger partial charge in [0.25, 0.3) is 5.91 Å². The smallest absolute Gasteiger partial charge is 0.269 e. The van der Waals surface area contributed by atoms with Gasteiger partial charge in [0.1, 0.15) is 11.4 Å². The SMILES string of the molecule is O=C(NCC(O)c1cc(Br)c(O)c(Br)c1)c1[nH]cc(Br)c1Br. The van der Waals surface area contributed by atoms with E-state index in [1.807, 2.05) is 0 Å². The third kappa shape index (κ3) is 3.94. The molecule has 1 unspecified atom stereocenters. The van der Waals surface area contributed by atoms with Gasteiger partial charge >= 0.3 is 0 Å². The van der Waals surface area contributed by atoms with Gasteiger partial charge in [0.15, 0.2) is 0 Å². The molecule has 118 valence electrons. The molecule has 2 rings (SSSR count). The Morgan fingerprint density at radius 3 is 2.27 bits per heavy atom. The van der Waals surface area contributed by atoms with Crippen LogP contribution >= 0.6 is 63.7 Å². The van der Waals surface area contributed by atoms with Crippen molar-refractivity contribution in [1.29, 1.82) is 0 Å². The first-order chi connectivity index (χ1) is 10.3. The van der Waals surface area contributed by atoms with Crippen molar-refractivity contribution in [2.45, 2.75) is 6.10 Å². The molecule has 9 heteroatoms. The standard InChI is InChI=1S/C13H10Br4N2O3/c14-6-1-5(2-7(15)12(6)21)9(20)4-19-13(22)11-10(17)8(16)3-18-11/h1-3,9,18,20-21H,4H2,(H,19,22). The van der Waals surface area contributed by atoms with Crippen LogP contribution in [0.25, 0.3) is 0 Å². The number of phenolic OH excluding ortho intramolecular Hbond substituents is 1. The summed E-state index contributed by atoms with van der Waals surface area (Å²) in [5.41, 5.74) is 0.927. The minimum atomic E-state index is -0.908. The van der Waals surface area contributed by atoms with E-state index < -0.39 is 6.10 Å². The number of nitrogens with one attached hydrogen (secondary N) is 2. The Balaban J connectivity index is 2.05. The van der Waals surface area contributed by atoms with Gasteiger partial charge in [-0.2, -0.15) is 0 Å². The summed E-state index contributed by atoms with van der Waals surface area (Å²) < 4.78 is 2.27. The van der Waals surface area contributed by atoms with Gasteiger partial charge in [-0.15, -0.1) is 0 Å². The zero-order valence-electron chi connectivity index (χ0n) is 10.8. The second kappa shape index (κ2) is 7.48. The van der Waals surface area contributed by atoms with Gasteiger partial charge in [0.2, 0.25) is 0 Å². The van der Waals surface area contributed by atoms with Crippen LogP contribution in [0.4, 0.5) is 0 Å². The molecule has 1 aromatic heterocycles. The third-order valence-corrected chi connectivity index (χ3v) is 6.07. The van der Waals surface area contributed by atoms with E-state index in [0.29, 0.717) is 24.7 Å². The molecule has 1 aromatic carbocycles.